The molecule has 1 aliphatic rings. The molecule has 0 radical (unpaired) electrons. The van der Waals surface area contributed by atoms with Gasteiger partial charge in [-0.3, -0.25) is 4.68 Å². The van der Waals surface area contributed by atoms with Crippen molar-refractivity contribution in [2.45, 2.75) is 12.2 Å². The van der Waals surface area contributed by atoms with Crippen LogP contribution in [0.3, 0.4) is 0 Å². The smallest absolute Gasteiger partial charge is 0.165 e. The number of thioether (sulfide) groups is 1. The molecule has 1 aliphatic heterocycles. The second kappa shape index (κ2) is 8.23. The summed E-state index contributed by atoms with van der Waals surface area (Å²) in [5, 5.41) is 17.2. The highest BCUT2D eigenvalue weighted by molar-refractivity contribution is 9.11. The number of rotatable bonds is 4. The Labute approximate surface area is 198 Å². The molecule has 8 nitrogen and oxygen atoms in total. The van der Waals surface area contributed by atoms with Crippen molar-refractivity contribution in [3.63, 3.8) is 0 Å². The maximum absolute atomic E-state index is 5.08. The number of halogens is 2. The van der Waals surface area contributed by atoms with Crippen LogP contribution >= 0.6 is 55.2 Å². The second-order valence-electron chi connectivity index (χ2n) is 6.95. The minimum atomic E-state index is 0.252. The first kappa shape index (κ1) is 20.4. The molecule has 0 amide bonds. The number of anilines is 2. The third-order valence-corrected chi connectivity index (χ3v) is 8.62. The molecule has 12 heteroatoms. The van der Waals surface area contributed by atoms with E-state index in [1.54, 1.807) is 4.68 Å². The van der Waals surface area contributed by atoms with Gasteiger partial charge in [-0.15, -0.1) is 11.8 Å². The van der Waals surface area contributed by atoms with Crippen molar-refractivity contribution >= 4 is 71.6 Å². The van der Waals surface area contributed by atoms with Gasteiger partial charge in [0.2, 0.25) is 0 Å². The number of nitrogens with one attached hydrogen (secondary N) is 2. The minimum absolute atomic E-state index is 0.252. The van der Waals surface area contributed by atoms with Gasteiger partial charge in [0.25, 0.3) is 0 Å². The number of hydrogen-bond acceptors (Lipinski definition) is 8. The van der Waals surface area contributed by atoms with E-state index in [1.165, 1.54) is 11.5 Å². The molecule has 5 heterocycles. The number of fused-ring (bicyclic) bond motifs is 1. The van der Waals surface area contributed by atoms with E-state index in [0.717, 1.165) is 66.9 Å². The topological polar surface area (TPSA) is 85.0 Å². The average Bonchev–Trinajstić information content (AvgIpc) is 3.44. The van der Waals surface area contributed by atoms with E-state index in [-0.39, 0.29) is 5.25 Å². The fourth-order valence-corrected chi connectivity index (χ4v) is 6.35. The third kappa shape index (κ3) is 3.58. The number of hydrogen-bond donors (Lipinski definition) is 2. The van der Waals surface area contributed by atoms with Crippen molar-refractivity contribution in [3.8, 4) is 11.1 Å². The van der Waals surface area contributed by atoms with Gasteiger partial charge in [0, 0.05) is 31.5 Å². The van der Waals surface area contributed by atoms with Gasteiger partial charge in [-0.25, -0.2) is 4.98 Å². The van der Waals surface area contributed by atoms with Crippen molar-refractivity contribution in [1.82, 2.24) is 34.1 Å². The molecule has 0 aliphatic carbocycles. The minimum Gasteiger partial charge on any atom is -0.330 e. The van der Waals surface area contributed by atoms with E-state index < -0.39 is 0 Å². The largest absolute Gasteiger partial charge is 0.330 e. The summed E-state index contributed by atoms with van der Waals surface area (Å²) in [5.41, 5.74) is 4.67. The predicted octanol–water partition coefficient (Wildman–Crippen LogP) is 4.54. The Morgan fingerprint density at radius 3 is 2.73 bits per heavy atom. The van der Waals surface area contributed by atoms with Crippen LogP contribution in [0.4, 0.5) is 10.8 Å². The molecule has 156 valence electrons. The van der Waals surface area contributed by atoms with Crippen molar-refractivity contribution in [2.75, 3.05) is 24.2 Å². The monoisotopic (exact) mass is 568 g/mol. The number of nitrogens with zero attached hydrogens (tertiary/aromatic N) is 6. The molecule has 4 aromatic heterocycles. The van der Waals surface area contributed by atoms with Gasteiger partial charge in [0.15, 0.2) is 11.5 Å². The van der Waals surface area contributed by atoms with Crippen LogP contribution in [0.1, 0.15) is 16.6 Å². The van der Waals surface area contributed by atoms with E-state index in [2.05, 4.69) is 57.1 Å². The predicted molar refractivity (Wildman–Crippen MR) is 129 cm³/mol. The molecule has 5 rings (SSSR count). The lowest BCUT2D eigenvalue weighted by molar-refractivity contribution is 0.678. The lowest BCUT2D eigenvalue weighted by Gasteiger charge is -2.24. The third-order valence-electron chi connectivity index (χ3n) is 4.87. The summed E-state index contributed by atoms with van der Waals surface area (Å²) >= 11 is 10.8. The van der Waals surface area contributed by atoms with Crippen LogP contribution in [0.2, 0.25) is 0 Å². The van der Waals surface area contributed by atoms with Gasteiger partial charge >= 0.3 is 0 Å². The number of aryl methyl sites for hydroxylation is 2. The molecule has 1 atom stereocenters. The standard InChI is InChI=1S/C18H18Br2N8S2/c1-9-5-13(30-26-9)24-18-14(19)15(12-8-21-3-4-29-12)25-17-11(7-23-28(17)18)10-6-22-27(2)16(10)20/h5-7,12,21,24H,3-4,8H2,1-2H3. The highest BCUT2D eigenvalue weighted by Crippen LogP contribution is 2.41. The molecule has 0 saturated carbocycles. The highest BCUT2D eigenvalue weighted by Gasteiger charge is 2.26. The van der Waals surface area contributed by atoms with Gasteiger partial charge in [-0.05, 0) is 56.4 Å². The molecule has 0 bridgehead atoms. The summed E-state index contributed by atoms with van der Waals surface area (Å²) in [6.45, 7) is 3.89. The fourth-order valence-electron chi connectivity index (χ4n) is 3.39. The molecular formula is C18H18Br2N8S2. The van der Waals surface area contributed by atoms with E-state index >= 15 is 0 Å². The quantitative estimate of drug-likeness (QED) is 0.373. The van der Waals surface area contributed by atoms with Crippen molar-refractivity contribution in [2.24, 2.45) is 7.05 Å². The van der Waals surface area contributed by atoms with Gasteiger partial charge in [-0.1, -0.05) is 0 Å². The maximum atomic E-state index is 5.08. The first-order valence-electron chi connectivity index (χ1n) is 9.30. The summed E-state index contributed by atoms with van der Waals surface area (Å²) in [6.07, 6.45) is 3.68. The van der Waals surface area contributed by atoms with E-state index in [1.807, 2.05) is 48.7 Å². The summed E-state index contributed by atoms with van der Waals surface area (Å²) < 4.78 is 9.84. The van der Waals surface area contributed by atoms with Crippen molar-refractivity contribution in [1.29, 1.82) is 0 Å². The molecule has 4 aromatic rings. The molecule has 0 spiro atoms. The van der Waals surface area contributed by atoms with Crippen molar-refractivity contribution in [3.05, 3.63) is 38.9 Å². The summed E-state index contributed by atoms with van der Waals surface area (Å²) in [5.74, 6) is 1.90. The zero-order valence-electron chi connectivity index (χ0n) is 16.2. The van der Waals surface area contributed by atoms with E-state index in [4.69, 9.17) is 4.98 Å². The van der Waals surface area contributed by atoms with Crippen LogP contribution < -0.4 is 10.6 Å². The molecule has 1 unspecified atom stereocenters. The van der Waals surface area contributed by atoms with Crippen LogP contribution in [0.25, 0.3) is 16.8 Å². The number of aromatic nitrogens is 6. The van der Waals surface area contributed by atoms with Crippen molar-refractivity contribution < 1.29 is 0 Å². The Balaban J connectivity index is 1.71. The molecule has 1 fully saturated rings. The first-order valence-corrected chi connectivity index (χ1v) is 12.7. The van der Waals surface area contributed by atoms with Crippen LogP contribution in [0.5, 0.6) is 0 Å². The Bertz CT molecular complexity index is 1220. The average molecular weight is 570 g/mol. The SMILES string of the molecule is Cc1cc(Nc2c(Br)c(C3CNCCS3)nc3c(-c4cnn(C)c4Br)cnn23)sn1. The van der Waals surface area contributed by atoms with Gasteiger partial charge < -0.3 is 10.6 Å². The Kier molecular flexibility index (Phi) is 5.60. The molecule has 0 aromatic carbocycles. The van der Waals surface area contributed by atoms with E-state index in [0.29, 0.717) is 0 Å². The summed E-state index contributed by atoms with van der Waals surface area (Å²) in [4.78, 5) is 5.08. The zero-order chi connectivity index (χ0) is 20.8. The maximum Gasteiger partial charge on any atom is 0.165 e. The normalized spacial score (nSPS) is 17.0. The fraction of sp³-hybridized carbons (Fsp3) is 0.333. The molecule has 1 saturated heterocycles. The Hall–Kier alpha value is -1.47. The lowest BCUT2D eigenvalue weighted by atomic mass is 10.2. The van der Waals surface area contributed by atoms with Crippen LogP contribution in [0.15, 0.2) is 27.5 Å². The van der Waals surface area contributed by atoms with Gasteiger partial charge in [0.05, 0.1) is 39.1 Å². The van der Waals surface area contributed by atoms with E-state index in [9.17, 15) is 0 Å². The Morgan fingerprint density at radius 1 is 1.23 bits per heavy atom. The highest BCUT2D eigenvalue weighted by atomic mass is 79.9. The molecule has 30 heavy (non-hydrogen) atoms. The van der Waals surface area contributed by atoms with Gasteiger partial charge in [0.1, 0.15) is 9.60 Å². The molecule has 2 N–H and O–H groups in total. The summed E-state index contributed by atoms with van der Waals surface area (Å²) in [6, 6.07) is 2.03. The second-order valence-corrected chi connectivity index (χ2v) is 10.6. The van der Waals surface area contributed by atoms with Crippen LogP contribution in [0, 0.1) is 6.92 Å². The lowest BCUT2D eigenvalue weighted by Crippen LogP contribution is -2.29. The Morgan fingerprint density at radius 2 is 2.07 bits per heavy atom. The van der Waals surface area contributed by atoms with Crippen LogP contribution in [-0.4, -0.2) is 47.6 Å². The first-order chi connectivity index (χ1) is 14.5. The van der Waals surface area contributed by atoms with Crippen LogP contribution in [-0.2, 0) is 7.05 Å². The summed E-state index contributed by atoms with van der Waals surface area (Å²) in [7, 11) is 1.90. The van der Waals surface area contributed by atoms with Gasteiger partial charge in [-0.2, -0.15) is 19.1 Å². The molecular weight excluding hydrogens is 552 g/mol. The zero-order valence-corrected chi connectivity index (χ0v) is 21.0.